The van der Waals surface area contributed by atoms with Crippen LogP contribution in [0.25, 0.3) is 6.08 Å². The molecule has 0 bridgehead atoms. The van der Waals surface area contributed by atoms with Crippen molar-refractivity contribution in [1.82, 2.24) is 10.1 Å². The second-order valence-electron chi connectivity index (χ2n) is 8.12. The molecule has 2 aromatic carbocycles. The van der Waals surface area contributed by atoms with Crippen molar-refractivity contribution < 1.29 is 18.8 Å². The number of nitrogens with zero attached hydrogens (tertiary/aromatic N) is 3. The van der Waals surface area contributed by atoms with Crippen molar-refractivity contribution in [3.8, 4) is 11.5 Å². The third-order valence-corrected chi connectivity index (χ3v) is 6.19. The number of amides is 1. The number of rotatable bonds is 7. The van der Waals surface area contributed by atoms with Crippen molar-refractivity contribution in [3.63, 3.8) is 0 Å². The second kappa shape index (κ2) is 10.7. The van der Waals surface area contributed by atoms with Gasteiger partial charge in [0.2, 0.25) is 5.91 Å². The average molecular weight is 482 g/mol. The molecule has 0 radical (unpaired) electrons. The Kier molecular flexibility index (Phi) is 7.43. The quantitative estimate of drug-likeness (QED) is 0.447. The van der Waals surface area contributed by atoms with Crippen LogP contribution in [-0.4, -0.2) is 49.3 Å². The van der Waals surface area contributed by atoms with E-state index in [1.54, 1.807) is 19.3 Å². The summed E-state index contributed by atoms with van der Waals surface area (Å²) in [6.45, 7) is 6.99. The first-order chi connectivity index (χ1) is 16.4. The largest absolute Gasteiger partial charge is 0.493 e. The first-order valence-corrected chi connectivity index (χ1v) is 11.5. The summed E-state index contributed by atoms with van der Waals surface area (Å²) in [5.74, 6) is 1.94. The van der Waals surface area contributed by atoms with Gasteiger partial charge < -0.3 is 23.8 Å². The van der Waals surface area contributed by atoms with Crippen molar-refractivity contribution in [2.45, 2.75) is 20.5 Å². The highest BCUT2D eigenvalue weighted by Crippen LogP contribution is 2.30. The predicted molar refractivity (Wildman–Crippen MR) is 133 cm³/mol. The van der Waals surface area contributed by atoms with Crippen molar-refractivity contribution in [2.75, 3.05) is 38.2 Å². The van der Waals surface area contributed by atoms with E-state index in [0.29, 0.717) is 31.2 Å². The summed E-state index contributed by atoms with van der Waals surface area (Å²) in [5, 5.41) is 4.67. The fourth-order valence-electron chi connectivity index (χ4n) is 3.87. The van der Waals surface area contributed by atoms with E-state index in [1.807, 2.05) is 61.2 Å². The Morgan fingerprint density at radius 1 is 1.09 bits per heavy atom. The highest BCUT2D eigenvalue weighted by atomic mass is 35.5. The molecule has 1 aliphatic heterocycles. The number of piperazine rings is 1. The van der Waals surface area contributed by atoms with Gasteiger partial charge in [0.1, 0.15) is 12.4 Å². The lowest BCUT2D eigenvalue weighted by atomic mass is 10.1. The van der Waals surface area contributed by atoms with Crippen LogP contribution >= 0.6 is 11.6 Å². The van der Waals surface area contributed by atoms with Gasteiger partial charge in [-0.25, -0.2) is 0 Å². The number of halogens is 1. The number of ether oxygens (including phenoxy) is 2. The van der Waals surface area contributed by atoms with Crippen LogP contribution in [0.1, 0.15) is 22.6 Å². The maximum absolute atomic E-state index is 12.7. The molecule has 7 nitrogen and oxygen atoms in total. The summed E-state index contributed by atoms with van der Waals surface area (Å²) in [7, 11) is 1.59. The van der Waals surface area contributed by atoms with E-state index in [4.69, 9.17) is 25.6 Å². The Bertz CT molecular complexity index is 1150. The molecular formula is C26H28ClN3O4. The normalized spacial score (nSPS) is 14.0. The second-order valence-corrected chi connectivity index (χ2v) is 8.56. The van der Waals surface area contributed by atoms with Crippen LogP contribution in [0.4, 0.5) is 5.69 Å². The maximum atomic E-state index is 12.7. The fraction of sp³-hybridized carbons (Fsp3) is 0.308. The molecule has 1 fully saturated rings. The molecule has 3 aromatic rings. The number of aromatic nitrogens is 1. The predicted octanol–water partition coefficient (Wildman–Crippen LogP) is 4.89. The van der Waals surface area contributed by atoms with Gasteiger partial charge in [-0.2, -0.15) is 0 Å². The summed E-state index contributed by atoms with van der Waals surface area (Å²) in [6, 6.07) is 13.4. The van der Waals surface area contributed by atoms with Crippen LogP contribution in [0.15, 0.2) is 53.1 Å². The minimum Gasteiger partial charge on any atom is -0.493 e. The van der Waals surface area contributed by atoms with Crippen LogP contribution < -0.4 is 14.4 Å². The maximum Gasteiger partial charge on any atom is 0.246 e. The van der Waals surface area contributed by atoms with Crippen molar-refractivity contribution in [2.24, 2.45) is 0 Å². The summed E-state index contributed by atoms with van der Waals surface area (Å²) >= 11 is 5.98. The number of hydrogen-bond donors (Lipinski definition) is 0. The third kappa shape index (κ3) is 5.54. The lowest BCUT2D eigenvalue weighted by Crippen LogP contribution is -2.48. The number of benzene rings is 2. The van der Waals surface area contributed by atoms with Crippen LogP contribution in [0.3, 0.4) is 0 Å². The Morgan fingerprint density at radius 3 is 2.47 bits per heavy atom. The minimum atomic E-state index is -0.00606. The van der Waals surface area contributed by atoms with E-state index >= 15 is 0 Å². The topological polar surface area (TPSA) is 68.0 Å². The van der Waals surface area contributed by atoms with Gasteiger partial charge in [-0.15, -0.1) is 0 Å². The van der Waals surface area contributed by atoms with E-state index in [0.717, 1.165) is 46.4 Å². The molecule has 34 heavy (non-hydrogen) atoms. The van der Waals surface area contributed by atoms with E-state index in [9.17, 15) is 4.79 Å². The molecule has 178 valence electrons. The monoisotopic (exact) mass is 481 g/mol. The van der Waals surface area contributed by atoms with Gasteiger partial charge in [0.25, 0.3) is 0 Å². The van der Waals surface area contributed by atoms with Gasteiger partial charge in [-0.1, -0.05) is 22.8 Å². The average Bonchev–Trinajstić information content (AvgIpc) is 3.18. The lowest BCUT2D eigenvalue weighted by molar-refractivity contribution is -0.126. The van der Waals surface area contributed by atoms with E-state index in [2.05, 4.69) is 10.1 Å². The Labute approximate surface area is 204 Å². The van der Waals surface area contributed by atoms with Gasteiger partial charge in [0.05, 0.1) is 18.4 Å². The molecule has 1 saturated heterocycles. The molecular weight excluding hydrogens is 454 g/mol. The molecule has 0 aliphatic carbocycles. The Morgan fingerprint density at radius 2 is 1.82 bits per heavy atom. The summed E-state index contributed by atoms with van der Waals surface area (Å²) < 4.78 is 16.6. The van der Waals surface area contributed by atoms with Crippen molar-refractivity contribution in [1.29, 1.82) is 0 Å². The number of anilines is 1. The molecule has 0 saturated carbocycles. The Hall–Kier alpha value is -3.45. The van der Waals surface area contributed by atoms with Gasteiger partial charge in [0.15, 0.2) is 11.5 Å². The molecule has 4 rings (SSSR count). The molecule has 0 unspecified atom stereocenters. The lowest BCUT2D eigenvalue weighted by Gasteiger charge is -2.35. The standard InChI is InChI=1S/C26H28ClN3O4/c1-18-23(19(2)34-28-18)17-33-24-10-4-20(16-25(24)32-3)5-11-26(31)30-14-12-29(13-15-30)22-8-6-21(27)7-9-22/h4-11,16H,12-15,17H2,1-3H3. The zero-order valence-electron chi connectivity index (χ0n) is 19.6. The van der Waals surface area contributed by atoms with Gasteiger partial charge in [-0.3, -0.25) is 4.79 Å². The number of methoxy groups -OCH3 is 1. The number of carbonyl (C=O) groups is 1. The first-order valence-electron chi connectivity index (χ1n) is 11.1. The molecule has 0 N–H and O–H groups in total. The summed E-state index contributed by atoms with van der Waals surface area (Å²) in [4.78, 5) is 16.8. The Balaban J connectivity index is 1.34. The van der Waals surface area contributed by atoms with Crippen LogP contribution in [0, 0.1) is 13.8 Å². The molecule has 1 aliphatic rings. The van der Waals surface area contributed by atoms with Crippen molar-refractivity contribution >= 4 is 29.3 Å². The molecule has 1 aromatic heterocycles. The molecule has 2 heterocycles. The zero-order valence-corrected chi connectivity index (χ0v) is 20.3. The highest BCUT2D eigenvalue weighted by Gasteiger charge is 2.20. The van der Waals surface area contributed by atoms with Crippen LogP contribution in [-0.2, 0) is 11.4 Å². The SMILES string of the molecule is COc1cc(C=CC(=O)N2CCN(c3ccc(Cl)cc3)CC2)ccc1OCc1c(C)noc1C. The summed E-state index contributed by atoms with van der Waals surface area (Å²) in [5.41, 5.74) is 3.71. The van der Waals surface area contributed by atoms with E-state index in [-0.39, 0.29) is 5.91 Å². The molecule has 8 heteroatoms. The number of aryl methyl sites for hydroxylation is 2. The van der Waals surface area contributed by atoms with Gasteiger partial charge >= 0.3 is 0 Å². The van der Waals surface area contributed by atoms with E-state index in [1.165, 1.54) is 0 Å². The van der Waals surface area contributed by atoms with E-state index < -0.39 is 0 Å². The first kappa shape index (κ1) is 23.7. The van der Waals surface area contributed by atoms with Crippen LogP contribution in [0.2, 0.25) is 5.02 Å². The zero-order chi connectivity index (χ0) is 24.1. The van der Waals surface area contributed by atoms with Gasteiger partial charge in [-0.05, 0) is 61.9 Å². The van der Waals surface area contributed by atoms with Crippen LogP contribution in [0.5, 0.6) is 11.5 Å². The number of hydrogen-bond acceptors (Lipinski definition) is 6. The molecule has 0 spiro atoms. The summed E-state index contributed by atoms with van der Waals surface area (Å²) in [6.07, 6.45) is 3.41. The van der Waals surface area contributed by atoms with Crippen molar-refractivity contribution in [3.05, 3.63) is 76.1 Å². The molecule has 0 atom stereocenters. The fourth-order valence-corrected chi connectivity index (χ4v) is 4.00. The van der Waals surface area contributed by atoms with Gasteiger partial charge in [0, 0.05) is 43.0 Å². The third-order valence-electron chi connectivity index (χ3n) is 5.94. The minimum absolute atomic E-state index is 0.00606. The highest BCUT2D eigenvalue weighted by molar-refractivity contribution is 6.30. The number of carbonyl (C=O) groups excluding carboxylic acids is 1. The smallest absolute Gasteiger partial charge is 0.246 e. The molecule has 1 amide bonds.